The lowest BCUT2D eigenvalue weighted by atomic mass is 10.2. The Bertz CT molecular complexity index is 313. The van der Waals surface area contributed by atoms with Crippen molar-refractivity contribution >= 4 is 0 Å². The van der Waals surface area contributed by atoms with E-state index in [0.29, 0.717) is 12.2 Å². The van der Waals surface area contributed by atoms with Gasteiger partial charge in [-0.15, -0.1) is 0 Å². The third-order valence-electron chi connectivity index (χ3n) is 1.69. The number of hydrogen-bond donors (Lipinski definition) is 0. The van der Waals surface area contributed by atoms with Gasteiger partial charge in [0.15, 0.2) is 0 Å². The van der Waals surface area contributed by atoms with Crippen molar-refractivity contribution < 1.29 is 9.13 Å². The Morgan fingerprint density at radius 2 is 2.07 bits per heavy atom. The molecule has 2 nitrogen and oxygen atoms in total. The zero-order valence-corrected chi connectivity index (χ0v) is 8.03. The molecule has 14 heavy (non-hydrogen) atoms. The molecule has 0 aliphatic carbocycles. The minimum absolute atomic E-state index is 0.0671. The van der Waals surface area contributed by atoms with Gasteiger partial charge in [0, 0.05) is 0 Å². The van der Waals surface area contributed by atoms with Gasteiger partial charge in [0.1, 0.15) is 18.5 Å². The van der Waals surface area contributed by atoms with Crippen LogP contribution in [0.3, 0.4) is 0 Å². The van der Waals surface area contributed by atoms with Crippen molar-refractivity contribution in [2.75, 3.05) is 6.61 Å². The van der Waals surface area contributed by atoms with E-state index < -0.39 is 6.17 Å². The maximum absolute atomic E-state index is 12.4. The maximum atomic E-state index is 12.4. The van der Waals surface area contributed by atoms with Crippen LogP contribution in [0.2, 0.25) is 0 Å². The van der Waals surface area contributed by atoms with Gasteiger partial charge in [0.25, 0.3) is 0 Å². The van der Waals surface area contributed by atoms with Gasteiger partial charge in [-0.2, -0.15) is 5.26 Å². The number of rotatable bonds is 4. The van der Waals surface area contributed by atoms with Crippen LogP contribution in [0.1, 0.15) is 12.5 Å². The molecular formula is C11H12FNO. The lowest BCUT2D eigenvalue weighted by Crippen LogP contribution is -2.08. The molecule has 74 valence electrons. The molecule has 3 heteroatoms. The molecule has 0 radical (unpaired) electrons. The average Bonchev–Trinajstić information content (AvgIpc) is 2.17. The second-order valence-corrected chi connectivity index (χ2v) is 3.07. The average molecular weight is 193 g/mol. The van der Waals surface area contributed by atoms with Crippen LogP contribution in [0.15, 0.2) is 24.3 Å². The molecule has 0 fully saturated rings. The van der Waals surface area contributed by atoms with Crippen LogP contribution in [-0.2, 0) is 6.42 Å². The molecule has 0 aliphatic heterocycles. The normalized spacial score (nSPS) is 11.8. The summed E-state index contributed by atoms with van der Waals surface area (Å²) in [4.78, 5) is 0. The largest absolute Gasteiger partial charge is 0.491 e. The Morgan fingerprint density at radius 1 is 1.43 bits per heavy atom. The molecular weight excluding hydrogens is 181 g/mol. The summed E-state index contributed by atoms with van der Waals surface area (Å²) in [6.07, 6.45) is -0.575. The molecule has 1 aromatic rings. The molecule has 0 heterocycles. The van der Waals surface area contributed by atoms with Crippen molar-refractivity contribution in [2.45, 2.75) is 19.5 Å². The first-order chi connectivity index (χ1) is 6.72. The molecule has 1 atom stereocenters. The Balaban J connectivity index is 2.52. The molecule has 0 aromatic heterocycles. The molecule has 1 unspecified atom stereocenters. The van der Waals surface area contributed by atoms with E-state index in [4.69, 9.17) is 10.00 Å². The first-order valence-electron chi connectivity index (χ1n) is 4.45. The van der Waals surface area contributed by atoms with E-state index >= 15 is 0 Å². The first kappa shape index (κ1) is 10.5. The second kappa shape index (κ2) is 5.23. The number of nitriles is 1. The van der Waals surface area contributed by atoms with Gasteiger partial charge in [0.05, 0.1) is 12.5 Å². The molecule has 0 amide bonds. The Labute approximate surface area is 82.9 Å². The summed E-state index contributed by atoms with van der Waals surface area (Å²) in [6.45, 7) is 1.52. The Hall–Kier alpha value is -1.56. The van der Waals surface area contributed by atoms with Gasteiger partial charge in [-0.1, -0.05) is 12.1 Å². The van der Waals surface area contributed by atoms with Gasteiger partial charge in [-0.25, -0.2) is 4.39 Å². The van der Waals surface area contributed by atoms with Gasteiger partial charge >= 0.3 is 0 Å². The van der Waals surface area contributed by atoms with Crippen LogP contribution in [0.25, 0.3) is 0 Å². The van der Waals surface area contributed by atoms with Crippen molar-refractivity contribution in [3.8, 4) is 11.8 Å². The molecule has 0 aliphatic rings. The number of ether oxygens (including phenoxy) is 1. The molecule has 0 N–H and O–H groups in total. The number of benzene rings is 1. The highest BCUT2D eigenvalue weighted by Crippen LogP contribution is 2.12. The second-order valence-electron chi connectivity index (χ2n) is 3.07. The van der Waals surface area contributed by atoms with Crippen molar-refractivity contribution in [1.82, 2.24) is 0 Å². The molecule has 0 bridgehead atoms. The van der Waals surface area contributed by atoms with E-state index in [9.17, 15) is 4.39 Å². The van der Waals surface area contributed by atoms with Gasteiger partial charge in [-0.3, -0.25) is 0 Å². The molecule has 0 saturated carbocycles. The van der Waals surface area contributed by atoms with Crippen LogP contribution in [0.5, 0.6) is 5.75 Å². The molecule has 1 rings (SSSR count). The summed E-state index contributed by atoms with van der Waals surface area (Å²) in [5.74, 6) is 0.635. The number of alkyl halides is 1. The summed E-state index contributed by atoms with van der Waals surface area (Å²) in [5.41, 5.74) is 0.938. The van der Waals surface area contributed by atoms with Crippen LogP contribution in [0, 0.1) is 11.3 Å². The van der Waals surface area contributed by atoms with Crippen LogP contribution in [0.4, 0.5) is 4.39 Å². The summed E-state index contributed by atoms with van der Waals surface area (Å²) < 4.78 is 17.6. The van der Waals surface area contributed by atoms with E-state index in [0.717, 1.165) is 5.56 Å². The fourth-order valence-electron chi connectivity index (χ4n) is 1.01. The smallest absolute Gasteiger partial charge is 0.131 e. The zero-order chi connectivity index (χ0) is 10.4. The Morgan fingerprint density at radius 3 is 2.57 bits per heavy atom. The zero-order valence-electron chi connectivity index (χ0n) is 8.03. The first-order valence-corrected chi connectivity index (χ1v) is 4.45. The highest BCUT2D eigenvalue weighted by molar-refractivity contribution is 5.28. The lowest BCUT2D eigenvalue weighted by Gasteiger charge is -2.06. The number of nitrogens with zero attached hydrogens (tertiary/aromatic N) is 1. The highest BCUT2D eigenvalue weighted by Gasteiger charge is 1.99. The van der Waals surface area contributed by atoms with Crippen molar-refractivity contribution in [2.24, 2.45) is 0 Å². The molecule has 0 saturated heterocycles. The summed E-state index contributed by atoms with van der Waals surface area (Å²) in [7, 11) is 0. The monoisotopic (exact) mass is 193 g/mol. The molecule has 0 spiro atoms. The van der Waals surface area contributed by atoms with E-state index in [-0.39, 0.29) is 6.61 Å². The van der Waals surface area contributed by atoms with Crippen LogP contribution in [-0.4, -0.2) is 12.8 Å². The van der Waals surface area contributed by atoms with Crippen molar-refractivity contribution in [3.63, 3.8) is 0 Å². The summed E-state index contributed by atoms with van der Waals surface area (Å²) in [5, 5.41) is 8.43. The minimum atomic E-state index is -0.964. The number of hydrogen-bond acceptors (Lipinski definition) is 2. The van der Waals surface area contributed by atoms with E-state index in [1.165, 1.54) is 6.92 Å². The van der Waals surface area contributed by atoms with Gasteiger partial charge in [-0.05, 0) is 24.6 Å². The lowest BCUT2D eigenvalue weighted by molar-refractivity contribution is 0.210. The predicted molar refractivity (Wildman–Crippen MR) is 51.8 cm³/mol. The minimum Gasteiger partial charge on any atom is -0.491 e. The van der Waals surface area contributed by atoms with Crippen molar-refractivity contribution in [1.29, 1.82) is 5.26 Å². The summed E-state index contributed by atoms with van der Waals surface area (Å²) >= 11 is 0. The van der Waals surface area contributed by atoms with Gasteiger partial charge < -0.3 is 4.74 Å². The van der Waals surface area contributed by atoms with E-state index in [1.807, 2.05) is 0 Å². The standard InChI is InChI=1S/C11H12FNO/c1-9(12)8-14-11-4-2-10(3-5-11)6-7-13/h2-5,9H,6,8H2,1H3. The third-order valence-corrected chi connectivity index (χ3v) is 1.69. The van der Waals surface area contributed by atoms with E-state index in [2.05, 4.69) is 6.07 Å². The van der Waals surface area contributed by atoms with Crippen LogP contribution < -0.4 is 4.74 Å². The molecule has 1 aromatic carbocycles. The van der Waals surface area contributed by atoms with Crippen molar-refractivity contribution in [3.05, 3.63) is 29.8 Å². The topological polar surface area (TPSA) is 33.0 Å². The maximum Gasteiger partial charge on any atom is 0.131 e. The third kappa shape index (κ3) is 3.44. The van der Waals surface area contributed by atoms with Crippen LogP contribution >= 0.6 is 0 Å². The SMILES string of the molecule is CC(F)COc1ccc(CC#N)cc1. The summed E-state index contributed by atoms with van der Waals surface area (Å²) in [6, 6.07) is 9.16. The fourth-order valence-corrected chi connectivity index (χ4v) is 1.01. The fraction of sp³-hybridized carbons (Fsp3) is 0.364. The van der Waals surface area contributed by atoms with E-state index in [1.54, 1.807) is 24.3 Å². The van der Waals surface area contributed by atoms with Gasteiger partial charge in [0.2, 0.25) is 0 Å². The predicted octanol–water partition coefficient (Wildman–Crippen LogP) is 2.49. The Kier molecular flexibility index (Phi) is 3.93. The number of halogens is 1. The highest BCUT2D eigenvalue weighted by atomic mass is 19.1. The quantitative estimate of drug-likeness (QED) is 0.736.